The zero-order valence-corrected chi connectivity index (χ0v) is 27.1. The Kier molecular flexibility index (Phi) is 20.9. The van der Waals surface area contributed by atoms with Gasteiger partial charge in [-0.3, -0.25) is 19.0 Å². The van der Waals surface area contributed by atoms with Crippen molar-refractivity contribution in [1.82, 2.24) is 30.0 Å². The van der Waals surface area contributed by atoms with Crippen LogP contribution in [0.25, 0.3) is 0 Å². The zero-order valence-electron chi connectivity index (χ0n) is 27.1. The molecule has 10 heteroatoms. The number of unbranched alkanes of at least 4 members (excludes halogenated alkanes) is 16. The molecule has 0 aliphatic rings. The first kappa shape index (κ1) is 36.4. The van der Waals surface area contributed by atoms with Gasteiger partial charge in [0.05, 0.1) is 12.4 Å². The van der Waals surface area contributed by atoms with Gasteiger partial charge in [-0.15, -0.1) is 10.2 Å². The maximum Gasteiger partial charge on any atom is 0.306 e. The van der Waals surface area contributed by atoms with Gasteiger partial charge >= 0.3 is 11.9 Å². The van der Waals surface area contributed by atoms with Crippen LogP contribution >= 0.6 is 0 Å². The van der Waals surface area contributed by atoms with Gasteiger partial charge in [0, 0.05) is 25.9 Å². The van der Waals surface area contributed by atoms with E-state index in [-0.39, 0.29) is 25.2 Å². The molecule has 2 aromatic rings. The number of hydrogen-bond acceptors (Lipinski definition) is 8. The molecule has 43 heavy (non-hydrogen) atoms. The van der Waals surface area contributed by atoms with E-state index in [4.69, 9.17) is 9.47 Å². The van der Waals surface area contributed by atoms with Gasteiger partial charge in [-0.05, 0) is 19.3 Å². The molecule has 2 aromatic heterocycles. The number of ether oxygens (including phenoxy) is 2. The van der Waals surface area contributed by atoms with Crippen molar-refractivity contribution in [3.8, 4) is 0 Å². The smallest absolute Gasteiger partial charge is 0.306 e. The SMILES string of the molecule is CCCCCCCCCCCC(=O)OCc1cn(CCCn2cc(COC(=O)CCCCCCCCCCC)nn2)nn1. The average Bonchev–Trinajstić information content (AvgIpc) is 3.67. The number of esters is 2. The third-order valence-corrected chi connectivity index (χ3v) is 7.68. The number of hydrogen-bond donors (Lipinski definition) is 0. The minimum Gasteiger partial charge on any atom is -0.459 e. The van der Waals surface area contributed by atoms with Crippen LogP contribution in [-0.4, -0.2) is 41.9 Å². The van der Waals surface area contributed by atoms with Gasteiger partial charge in [-0.2, -0.15) is 0 Å². The van der Waals surface area contributed by atoms with Gasteiger partial charge in [-0.1, -0.05) is 127 Å². The van der Waals surface area contributed by atoms with Gasteiger partial charge in [0.25, 0.3) is 0 Å². The molecular weight excluding hydrogens is 544 g/mol. The van der Waals surface area contributed by atoms with Crippen molar-refractivity contribution in [2.24, 2.45) is 0 Å². The predicted octanol–water partition coefficient (Wildman–Crippen LogP) is 7.89. The molecule has 0 aliphatic heterocycles. The summed E-state index contributed by atoms with van der Waals surface area (Å²) >= 11 is 0. The van der Waals surface area contributed by atoms with E-state index >= 15 is 0 Å². The predicted molar refractivity (Wildman–Crippen MR) is 168 cm³/mol. The van der Waals surface area contributed by atoms with Gasteiger partial charge in [0.15, 0.2) is 0 Å². The van der Waals surface area contributed by atoms with Crippen molar-refractivity contribution in [2.45, 2.75) is 175 Å². The molecule has 0 fully saturated rings. The number of aromatic nitrogens is 6. The van der Waals surface area contributed by atoms with Crippen molar-refractivity contribution >= 4 is 11.9 Å². The summed E-state index contributed by atoms with van der Waals surface area (Å²) in [5.74, 6) is -0.345. The fourth-order valence-corrected chi connectivity index (χ4v) is 5.04. The van der Waals surface area contributed by atoms with Crippen molar-refractivity contribution in [3.05, 3.63) is 23.8 Å². The Morgan fingerprint density at radius 2 is 0.884 bits per heavy atom. The topological polar surface area (TPSA) is 114 Å². The Morgan fingerprint density at radius 3 is 1.26 bits per heavy atom. The summed E-state index contributed by atoms with van der Waals surface area (Å²) < 4.78 is 14.2. The molecule has 244 valence electrons. The highest BCUT2D eigenvalue weighted by molar-refractivity contribution is 5.69. The molecule has 0 aliphatic carbocycles. The molecule has 2 heterocycles. The quantitative estimate of drug-likeness (QED) is 0.0713. The maximum atomic E-state index is 12.0. The van der Waals surface area contributed by atoms with E-state index in [9.17, 15) is 9.59 Å². The van der Waals surface area contributed by atoms with Crippen molar-refractivity contribution < 1.29 is 19.1 Å². The molecule has 10 nitrogen and oxygen atoms in total. The lowest BCUT2D eigenvalue weighted by molar-refractivity contribution is -0.146. The monoisotopic (exact) mass is 602 g/mol. The summed E-state index contributed by atoms with van der Waals surface area (Å²) in [5.41, 5.74) is 1.29. The van der Waals surface area contributed by atoms with Crippen molar-refractivity contribution in [3.63, 3.8) is 0 Å². The second-order valence-electron chi connectivity index (χ2n) is 11.8. The molecule has 0 amide bonds. The van der Waals surface area contributed by atoms with Crippen LogP contribution in [0.1, 0.15) is 160 Å². The molecular formula is C33H58N6O4. The fourth-order valence-electron chi connectivity index (χ4n) is 5.04. The van der Waals surface area contributed by atoms with Crippen LogP contribution < -0.4 is 0 Å². The summed E-state index contributed by atoms with van der Waals surface area (Å²) in [5, 5.41) is 16.5. The van der Waals surface area contributed by atoms with Gasteiger partial charge < -0.3 is 9.47 Å². The van der Waals surface area contributed by atoms with Crippen molar-refractivity contribution in [1.29, 1.82) is 0 Å². The zero-order chi connectivity index (χ0) is 30.8. The van der Waals surface area contributed by atoms with Crippen LogP contribution in [-0.2, 0) is 45.4 Å². The Labute approximate surface area is 259 Å². The molecule has 0 atom stereocenters. The lowest BCUT2D eigenvalue weighted by Crippen LogP contribution is -2.06. The van der Waals surface area contributed by atoms with E-state index in [1.54, 1.807) is 9.36 Å². The second kappa shape index (κ2) is 24.6. The van der Waals surface area contributed by atoms with Crippen molar-refractivity contribution in [2.75, 3.05) is 0 Å². The Balaban J connectivity index is 1.47. The molecule has 0 spiro atoms. The van der Waals surface area contributed by atoms with E-state index in [1.165, 1.54) is 89.9 Å². The lowest BCUT2D eigenvalue weighted by Gasteiger charge is -2.04. The van der Waals surface area contributed by atoms with Gasteiger partial charge in [0.1, 0.15) is 24.6 Å². The van der Waals surface area contributed by atoms with E-state index in [0.717, 1.165) is 32.1 Å². The molecule has 0 saturated carbocycles. The lowest BCUT2D eigenvalue weighted by atomic mass is 10.1. The summed E-state index contributed by atoms with van der Waals surface area (Å²) in [6, 6.07) is 0. The minimum absolute atomic E-state index is 0.153. The summed E-state index contributed by atoms with van der Waals surface area (Å²) in [7, 11) is 0. The minimum atomic E-state index is -0.173. The number of carbonyl (C=O) groups excluding carboxylic acids is 2. The first-order valence-corrected chi connectivity index (χ1v) is 17.2. The first-order chi connectivity index (χ1) is 21.1. The number of rotatable bonds is 28. The summed E-state index contributed by atoms with van der Waals surface area (Å²) in [4.78, 5) is 24.1. The Hall–Kier alpha value is -2.78. The molecule has 0 unspecified atom stereocenters. The fraction of sp³-hybridized carbons (Fsp3) is 0.818. The van der Waals surface area contributed by atoms with Gasteiger partial charge in [0.2, 0.25) is 0 Å². The highest BCUT2D eigenvalue weighted by Gasteiger charge is 2.09. The first-order valence-electron chi connectivity index (χ1n) is 17.2. The largest absolute Gasteiger partial charge is 0.459 e. The Morgan fingerprint density at radius 1 is 0.535 bits per heavy atom. The number of nitrogens with zero attached hydrogens (tertiary/aromatic N) is 6. The normalized spacial score (nSPS) is 11.2. The second-order valence-corrected chi connectivity index (χ2v) is 11.8. The van der Waals surface area contributed by atoms with Crippen LogP contribution in [0.4, 0.5) is 0 Å². The summed E-state index contributed by atoms with van der Waals surface area (Å²) in [6.07, 6.45) is 27.3. The number of aryl methyl sites for hydroxylation is 2. The molecule has 0 saturated heterocycles. The van der Waals surface area contributed by atoms with E-state index < -0.39 is 0 Å². The van der Waals surface area contributed by atoms with Crippen LogP contribution in [0.2, 0.25) is 0 Å². The van der Waals surface area contributed by atoms with Crippen LogP contribution in [0.5, 0.6) is 0 Å². The van der Waals surface area contributed by atoms with E-state index in [1.807, 2.05) is 12.4 Å². The third kappa shape index (κ3) is 19.2. The van der Waals surface area contributed by atoms with Crippen LogP contribution in [0.15, 0.2) is 12.4 Å². The third-order valence-electron chi connectivity index (χ3n) is 7.68. The molecule has 0 bridgehead atoms. The van der Waals surface area contributed by atoms with Crippen LogP contribution in [0, 0.1) is 0 Å². The molecule has 0 N–H and O–H groups in total. The van der Waals surface area contributed by atoms with E-state index in [2.05, 4.69) is 34.5 Å². The molecule has 0 radical (unpaired) electrons. The highest BCUT2D eigenvalue weighted by Crippen LogP contribution is 2.12. The highest BCUT2D eigenvalue weighted by atomic mass is 16.5. The Bertz CT molecular complexity index is 900. The van der Waals surface area contributed by atoms with Crippen LogP contribution in [0.3, 0.4) is 0 Å². The van der Waals surface area contributed by atoms with E-state index in [0.29, 0.717) is 37.3 Å². The average molecular weight is 603 g/mol. The maximum absolute atomic E-state index is 12.0. The number of carbonyl (C=O) groups is 2. The molecule has 0 aromatic carbocycles. The summed E-state index contributed by atoms with van der Waals surface area (Å²) in [6.45, 7) is 6.09. The van der Waals surface area contributed by atoms with Gasteiger partial charge in [-0.25, -0.2) is 0 Å². The standard InChI is InChI=1S/C33H58N6O4/c1-3-5-7-9-11-13-15-17-19-22-32(40)42-28-30-26-38(36-34-30)24-21-25-39-27-31(35-37-39)29-43-33(41)23-20-18-16-14-12-10-8-6-4-2/h26-27H,3-25,28-29H2,1-2H3. The molecule has 2 rings (SSSR count).